The first-order valence-corrected chi connectivity index (χ1v) is 6.61. The van der Waals surface area contributed by atoms with Crippen LogP contribution in [0.25, 0.3) is 11.3 Å². The molecule has 18 heavy (non-hydrogen) atoms. The molecule has 2 heterocycles. The van der Waals surface area contributed by atoms with E-state index in [0.717, 1.165) is 30.3 Å². The van der Waals surface area contributed by atoms with Crippen molar-refractivity contribution in [2.24, 2.45) is 0 Å². The zero-order valence-corrected chi connectivity index (χ0v) is 10.7. The Labute approximate surface area is 107 Å². The molecule has 0 amide bonds. The van der Waals surface area contributed by atoms with Crippen LogP contribution >= 0.6 is 0 Å². The van der Waals surface area contributed by atoms with E-state index in [1.54, 1.807) is 0 Å². The summed E-state index contributed by atoms with van der Waals surface area (Å²) in [6, 6.07) is 8.44. The van der Waals surface area contributed by atoms with Gasteiger partial charge in [-0.05, 0) is 31.4 Å². The SMILES string of the molecule is Cc1ncc(-c2ccccc2N2CCCCC2)o1. The summed E-state index contributed by atoms with van der Waals surface area (Å²) in [5.74, 6) is 1.59. The van der Waals surface area contributed by atoms with Gasteiger partial charge in [-0.25, -0.2) is 4.98 Å². The van der Waals surface area contributed by atoms with Crippen LogP contribution in [0, 0.1) is 6.92 Å². The first-order chi connectivity index (χ1) is 8.84. The van der Waals surface area contributed by atoms with Crippen molar-refractivity contribution < 1.29 is 4.42 Å². The third kappa shape index (κ3) is 2.13. The van der Waals surface area contributed by atoms with Crippen LogP contribution in [-0.4, -0.2) is 18.1 Å². The van der Waals surface area contributed by atoms with Crippen LogP contribution in [0.2, 0.25) is 0 Å². The predicted octanol–water partition coefficient (Wildman–Crippen LogP) is 3.64. The van der Waals surface area contributed by atoms with Crippen LogP contribution in [0.5, 0.6) is 0 Å². The Hall–Kier alpha value is -1.77. The summed E-state index contributed by atoms with van der Waals surface area (Å²) in [4.78, 5) is 6.65. The molecule has 0 spiro atoms. The van der Waals surface area contributed by atoms with Gasteiger partial charge in [0.25, 0.3) is 0 Å². The number of piperidine rings is 1. The highest BCUT2D eigenvalue weighted by molar-refractivity contribution is 5.75. The predicted molar refractivity (Wildman–Crippen MR) is 72.7 cm³/mol. The Kier molecular flexibility index (Phi) is 3.05. The van der Waals surface area contributed by atoms with Gasteiger partial charge >= 0.3 is 0 Å². The Morgan fingerprint density at radius 2 is 1.89 bits per heavy atom. The van der Waals surface area contributed by atoms with Crippen LogP contribution in [0.1, 0.15) is 25.2 Å². The molecule has 1 aliphatic rings. The average molecular weight is 242 g/mol. The summed E-state index contributed by atoms with van der Waals surface area (Å²) in [6.07, 6.45) is 5.73. The van der Waals surface area contributed by atoms with Crippen LogP contribution in [-0.2, 0) is 0 Å². The number of hydrogen-bond donors (Lipinski definition) is 0. The number of benzene rings is 1. The van der Waals surface area contributed by atoms with Crippen LogP contribution in [0.15, 0.2) is 34.9 Å². The molecule has 3 nitrogen and oxygen atoms in total. The van der Waals surface area contributed by atoms with E-state index in [4.69, 9.17) is 4.42 Å². The van der Waals surface area contributed by atoms with Gasteiger partial charge in [0.05, 0.1) is 6.20 Å². The fraction of sp³-hybridized carbons (Fsp3) is 0.400. The molecule has 0 atom stereocenters. The number of aryl methyl sites for hydroxylation is 1. The Morgan fingerprint density at radius 1 is 1.11 bits per heavy atom. The number of nitrogens with zero attached hydrogens (tertiary/aromatic N) is 2. The molecule has 1 aromatic carbocycles. The van der Waals surface area contributed by atoms with Gasteiger partial charge in [0.1, 0.15) is 0 Å². The third-order valence-electron chi connectivity index (χ3n) is 3.49. The molecule has 94 valence electrons. The van der Waals surface area contributed by atoms with Crippen molar-refractivity contribution in [2.75, 3.05) is 18.0 Å². The molecule has 1 fully saturated rings. The molecule has 3 rings (SSSR count). The smallest absolute Gasteiger partial charge is 0.191 e. The molecule has 0 unspecified atom stereocenters. The van der Waals surface area contributed by atoms with E-state index in [9.17, 15) is 0 Å². The lowest BCUT2D eigenvalue weighted by atomic mass is 10.1. The molecule has 1 saturated heterocycles. The topological polar surface area (TPSA) is 29.3 Å². The fourth-order valence-corrected chi connectivity index (χ4v) is 2.58. The van der Waals surface area contributed by atoms with E-state index >= 15 is 0 Å². The second kappa shape index (κ2) is 4.84. The van der Waals surface area contributed by atoms with Crippen molar-refractivity contribution in [1.29, 1.82) is 0 Å². The minimum absolute atomic E-state index is 0.721. The maximum atomic E-state index is 5.66. The van der Waals surface area contributed by atoms with Crippen LogP contribution in [0.3, 0.4) is 0 Å². The lowest BCUT2D eigenvalue weighted by Gasteiger charge is -2.30. The maximum Gasteiger partial charge on any atom is 0.191 e. The summed E-state index contributed by atoms with van der Waals surface area (Å²) in [7, 11) is 0. The van der Waals surface area contributed by atoms with Gasteiger partial charge < -0.3 is 9.32 Å². The Balaban J connectivity index is 1.99. The highest BCUT2D eigenvalue weighted by Gasteiger charge is 2.16. The van der Waals surface area contributed by atoms with Crippen LogP contribution < -0.4 is 4.90 Å². The lowest BCUT2D eigenvalue weighted by molar-refractivity contribution is 0.533. The fourth-order valence-electron chi connectivity index (χ4n) is 2.58. The molecule has 2 aromatic rings. The Morgan fingerprint density at radius 3 is 2.61 bits per heavy atom. The van der Waals surface area contributed by atoms with Crippen LogP contribution in [0.4, 0.5) is 5.69 Å². The first-order valence-electron chi connectivity index (χ1n) is 6.61. The zero-order chi connectivity index (χ0) is 12.4. The summed E-state index contributed by atoms with van der Waals surface area (Å²) >= 11 is 0. The highest BCUT2D eigenvalue weighted by atomic mass is 16.4. The van der Waals surface area contributed by atoms with Crippen molar-refractivity contribution in [2.45, 2.75) is 26.2 Å². The zero-order valence-electron chi connectivity index (χ0n) is 10.7. The number of anilines is 1. The molecule has 1 aliphatic heterocycles. The van der Waals surface area contributed by atoms with E-state index in [2.05, 4.69) is 34.1 Å². The average Bonchev–Trinajstić information content (AvgIpc) is 2.86. The molecule has 3 heteroatoms. The van der Waals surface area contributed by atoms with E-state index in [1.807, 2.05) is 13.1 Å². The van der Waals surface area contributed by atoms with E-state index in [-0.39, 0.29) is 0 Å². The van der Waals surface area contributed by atoms with Crippen molar-refractivity contribution in [3.63, 3.8) is 0 Å². The molecule has 0 N–H and O–H groups in total. The van der Waals surface area contributed by atoms with Crippen molar-refractivity contribution >= 4 is 5.69 Å². The number of oxazole rings is 1. The minimum Gasteiger partial charge on any atom is -0.441 e. The molecule has 0 saturated carbocycles. The lowest BCUT2D eigenvalue weighted by Crippen LogP contribution is -2.29. The third-order valence-corrected chi connectivity index (χ3v) is 3.49. The van der Waals surface area contributed by atoms with Gasteiger partial charge in [-0.15, -0.1) is 0 Å². The number of aromatic nitrogens is 1. The second-order valence-corrected chi connectivity index (χ2v) is 4.81. The minimum atomic E-state index is 0.721. The molecule has 0 bridgehead atoms. The Bertz CT molecular complexity index is 527. The van der Waals surface area contributed by atoms with Gasteiger partial charge in [-0.3, -0.25) is 0 Å². The van der Waals surface area contributed by atoms with Gasteiger partial charge in [0, 0.05) is 31.3 Å². The van der Waals surface area contributed by atoms with E-state index in [1.165, 1.54) is 24.9 Å². The highest BCUT2D eigenvalue weighted by Crippen LogP contribution is 2.32. The molecular weight excluding hydrogens is 224 g/mol. The monoisotopic (exact) mass is 242 g/mol. The molecule has 0 aliphatic carbocycles. The van der Waals surface area contributed by atoms with Gasteiger partial charge in [-0.2, -0.15) is 0 Å². The largest absolute Gasteiger partial charge is 0.441 e. The second-order valence-electron chi connectivity index (χ2n) is 4.81. The maximum absolute atomic E-state index is 5.66. The molecule has 1 aromatic heterocycles. The number of rotatable bonds is 2. The standard InChI is InChI=1S/C15H18N2O/c1-12-16-11-15(18-12)13-7-3-4-8-14(13)17-9-5-2-6-10-17/h3-4,7-8,11H,2,5-6,9-10H2,1H3. The van der Waals surface area contributed by atoms with Crippen molar-refractivity contribution in [3.8, 4) is 11.3 Å². The van der Waals surface area contributed by atoms with Gasteiger partial charge in [-0.1, -0.05) is 12.1 Å². The first kappa shape index (κ1) is 11.3. The summed E-state index contributed by atoms with van der Waals surface area (Å²) in [5.41, 5.74) is 2.42. The van der Waals surface area contributed by atoms with E-state index < -0.39 is 0 Å². The van der Waals surface area contributed by atoms with Crippen molar-refractivity contribution in [3.05, 3.63) is 36.4 Å². The summed E-state index contributed by atoms with van der Waals surface area (Å²) in [5, 5.41) is 0. The number of para-hydroxylation sites is 1. The number of hydrogen-bond acceptors (Lipinski definition) is 3. The summed E-state index contributed by atoms with van der Waals surface area (Å²) < 4.78 is 5.66. The van der Waals surface area contributed by atoms with Gasteiger partial charge in [0.2, 0.25) is 0 Å². The van der Waals surface area contributed by atoms with Gasteiger partial charge in [0.15, 0.2) is 11.7 Å². The normalized spacial score (nSPS) is 15.9. The van der Waals surface area contributed by atoms with Crippen molar-refractivity contribution in [1.82, 2.24) is 4.98 Å². The quantitative estimate of drug-likeness (QED) is 0.805. The summed E-state index contributed by atoms with van der Waals surface area (Å²) in [6.45, 7) is 4.17. The van der Waals surface area contributed by atoms with E-state index in [0.29, 0.717) is 0 Å². The molecule has 0 radical (unpaired) electrons. The molecular formula is C15H18N2O.